The smallest absolute Gasteiger partial charge is 0.191 e. The van der Waals surface area contributed by atoms with E-state index in [4.69, 9.17) is 0 Å². The molecule has 2 aliphatic heterocycles. The van der Waals surface area contributed by atoms with Gasteiger partial charge in [-0.2, -0.15) is 0 Å². The fraction of sp³-hybridized carbons (Fsp3) is 0.545. The van der Waals surface area contributed by atoms with Gasteiger partial charge in [0.25, 0.3) is 0 Å². The maximum atomic E-state index is 4.63. The zero-order valence-electron chi connectivity index (χ0n) is 17.3. The predicted octanol–water partition coefficient (Wildman–Crippen LogP) is 4.18. The minimum atomic E-state index is 0. The summed E-state index contributed by atoms with van der Waals surface area (Å²) in [4.78, 5) is 11.8. The maximum Gasteiger partial charge on any atom is 0.191 e. The van der Waals surface area contributed by atoms with E-state index in [1.807, 2.05) is 7.05 Å². The van der Waals surface area contributed by atoms with Crippen LogP contribution in [0.5, 0.6) is 0 Å². The molecule has 3 heterocycles. The van der Waals surface area contributed by atoms with Crippen LogP contribution in [0.15, 0.2) is 40.7 Å². The lowest BCUT2D eigenvalue weighted by Gasteiger charge is -2.39. The van der Waals surface area contributed by atoms with Crippen molar-refractivity contribution in [2.24, 2.45) is 4.99 Å². The lowest BCUT2D eigenvalue weighted by atomic mass is 9.96. The second-order valence-electron chi connectivity index (χ2n) is 7.87. The zero-order valence-corrected chi connectivity index (χ0v) is 20.5. The van der Waals surface area contributed by atoms with Crippen molar-refractivity contribution in [2.75, 3.05) is 7.05 Å². The zero-order chi connectivity index (χ0) is 19.3. The number of hydrogen-bond acceptors (Lipinski definition) is 4. The van der Waals surface area contributed by atoms with E-state index in [0.717, 1.165) is 31.2 Å². The third-order valence-corrected chi connectivity index (χ3v) is 7.04. The quantitative estimate of drug-likeness (QED) is 0.338. The van der Waals surface area contributed by atoms with E-state index < -0.39 is 0 Å². The fourth-order valence-corrected chi connectivity index (χ4v) is 5.34. The van der Waals surface area contributed by atoms with Gasteiger partial charge in [0.2, 0.25) is 0 Å². The van der Waals surface area contributed by atoms with E-state index in [0.29, 0.717) is 18.1 Å². The maximum absolute atomic E-state index is 4.63. The van der Waals surface area contributed by atoms with E-state index in [1.165, 1.54) is 36.3 Å². The molecule has 2 aliphatic rings. The predicted molar refractivity (Wildman–Crippen MR) is 132 cm³/mol. The molecule has 2 bridgehead atoms. The number of aliphatic imine (C=N–C) groups is 1. The highest BCUT2D eigenvalue weighted by Crippen LogP contribution is 2.36. The first-order valence-electron chi connectivity index (χ1n) is 10.4. The summed E-state index contributed by atoms with van der Waals surface area (Å²) in [6, 6.07) is 12.7. The van der Waals surface area contributed by atoms with E-state index in [1.54, 1.807) is 11.3 Å². The van der Waals surface area contributed by atoms with Crippen LogP contribution in [0.4, 0.5) is 0 Å². The molecule has 5 nitrogen and oxygen atoms in total. The van der Waals surface area contributed by atoms with Gasteiger partial charge >= 0.3 is 0 Å². The van der Waals surface area contributed by atoms with Crippen LogP contribution in [0.25, 0.3) is 0 Å². The Morgan fingerprint density at radius 3 is 2.55 bits per heavy atom. The molecule has 1 aromatic heterocycles. The summed E-state index contributed by atoms with van der Waals surface area (Å²) in [5.41, 5.74) is 2.53. The Labute approximate surface area is 195 Å². The Hall–Kier alpha value is -1.19. The highest BCUT2D eigenvalue weighted by atomic mass is 127. The first-order chi connectivity index (χ1) is 13.7. The third-order valence-electron chi connectivity index (χ3n) is 6.00. The summed E-state index contributed by atoms with van der Waals surface area (Å²) >= 11 is 1.74. The molecule has 0 saturated carbocycles. The molecule has 2 saturated heterocycles. The summed E-state index contributed by atoms with van der Waals surface area (Å²) < 4.78 is 0. The van der Waals surface area contributed by atoms with Crippen LogP contribution in [-0.4, -0.2) is 41.0 Å². The number of piperidine rings is 1. The van der Waals surface area contributed by atoms with Crippen LogP contribution in [0.3, 0.4) is 0 Å². The molecule has 2 fully saturated rings. The van der Waals surface area contributed by atoms with Crippen LogP contribution in [0.2, 0.25) is 0 Å². The molecule has 2 atom stereocenters. The van der Waals surface area contributed by atoms with E-state index in [-0.39, 0.29) is 24.0 Å². The second kappa shape index (κ2) is 10.7. The van der Waals surface area contributed by atoms with Crippen molar-refractivity contribution in [1.82, 2.24) is 20.5 Å². The van der Waals surface area contributed by atoms with Gasteiger partial charge in [0.1, 0.15) is 0 Å². The molecule has 29 heavy (non-hydrogen) atoms. The lowest BCUT2D eigenvalue weighted by Crippen LogP contribution is -2.52. The number of hydrogen-bond donors (Lipinski definition) is 2. The number of guanidine groups is 1. The Balaban J connectivity index is 0.00000240. The van der Waals surface area contributed by atoms with Crippen LogP contribution < -0.4 is 10.6 Å². The Morgan fingerprint density at radius 2 is 1.93 bits per heavy atom. The van der Waals surface area contributed by atoms with Gasteiger partial charge in [-0.3, -0.25) is 9.89 Å². The van der Waals surface area contributed by atoms with E-state index in [2.05, 4.69) is 68.1 Å². The molecular formula is C22H32IN5S. The van der Waals surface area contributed by atoms with E-state index in [9.17, 15) is 0 Å². The molecule has 0 spiro atoms. The van der Waals surface area contributed by atoms with Crippen molar-refractivity contribution < 1.29 is 0 Å². The number of fused-ring (bicyclic) bond motifs is 2. The van der Waals surface area contributed by atoms with Crippen LogP contribution >= 0.6 is 35.3 Å². The minimum absolute atomic E-state index is 0. The summed E-state index contributed by atoms with van der Waals surface area (Å²) in [6.07, 6.45) is 6.03. The number of rotatable bonds is 6. The van der Waals surface area contributed by atoms with Gasteiger partial charge in [0.05, 0.1) is 17.2 Å². The molecule has 2 N–H and O–H groups in total. The van der Waals surface area contributed by atoms with Gasteiger partial charge in [-0.15, -0.1) is 35.3 Å². The lowest BCUT2D eigenvalue weighted by molar-refractivity contribution is 0.114. The van der Waals surface area contributed by atoms with Crippen LogP contribution in [-0.2, 0) is 19.5 Å². The highest BCUT2D eigenvalue weighted by Gasteiger charge is 2.40. The second-order valence-corrected chi connectivity index (χ2v) is 8.81. The standard InChI is InChI=1S/C22H31N5S.HI/c1-3-21-25-18(15-28-21)13-24-22(23-2)26-17-11-19-9-10-20(12-17)27(19)14-16-7-5-4-6-8-16;/h4-8,15,17,19-20H,3,9-14H2,1-2H3,(H2,23,24,26);1H. The Bertz CT molecular complexity index is 780. The minimum Gasteiger partial charge on any atom is -0.354 e. The highest BCUT2D eigenvalue weighted by molar-refractivity contribution is 14.0. The van der Waals surface area contributed by atoms with Gasteiger partial charge in [0, 0.05) is 37.1 Å². The van der Waals surface area contributed by atoms with Gasteiger partial charge in [-0.1, -0.05) is 37.3 Å². The van der Waals surface area contributed by atoms with Gasteiger partial charge < -0.3 is 10.6 Å². The molecule has 1 aromatic carbocycles. The fourth-order valence-electron chi connectivity index (χ4n) is 4.60. The first kappa shape index (κ1) is 22.5. The van der Waals surface area contributed by atoms with Gasteiger partial charge in [-0.25, -0.2) is 4.98 Å². The van der Waals surface area contributed by atoms with E-state index >= 15 is 0 Å². The van der Waals surface area contributed by atoms with Crippen LogP contribution in [0.1, 0.15) is 48.9 Å². The van der Waals surface area contributed by atoms with Crippen molar-refractivity contribution >= 4 is 41.3 Å². The molecule has 2 aromatic rings. The van der Waals surface area contributed by atoms with Crippen LogP contribution in [0, 0.1) is 0 Å². The first-order valence-corrected chi connectivity index (χ1v) is 11.3. The summed E-state index contributed by atoms with van der Waals surface area (Å²) in [7, 11) is 1.85. The average Bonchev–Trinajstić information content (AvgIpc) is 3.27. The molecule has 158 valence electrons. The average molecular weight is 526 g/mol. The topological polar surface area (TPSA) is 52.6 Å². The molecule has 7 heteroatoms. The number of nitrogens with zero attached hydrogens (tertiary/aromatic N) is 3. The molecule has 2 unspecified atom stereocenters. The van der Waals surface area contributed by atoms with Gasteiger partial charge in [0.15, 0.2) is 5.96 Å². The summed E-state index contributed by atoms with van der Waals surface area (Å²) in [5, 5.41) is 10.4. The van der Waals surface area contributed by atoms with Crippen molar-refractivity contribution in [3.05, 3.63) is 52.0 Å². The molecule has 4 rings (SSSR count). The molecule has 0 aliphatic carbocycles. The number of nitrogens with one attached hydrogen (secondary N) is 2. The number of thiazole rings is 1. The molecule has 0 radical (unpaired) electrons. The third kappa shape index (κ3) is 5.70. The molecule has 0 amide bonds. The van der Waals surface area contributed by atoms with Crippen molar-refractivity contribution in [1.29, 1.82) is 0 Å². The summed E-state index contributed by atoms with van der Waals surface area (Å²) in [5.74, 6) is 0.895. The van der Waals surface area contributed by atoms with Crippen molar-refractivity contribution in [3.8, 4) is 0 Å². The molecular weight excluding hydrogens is 493 g/mol. The SMILES string of the molecule is CCc1nc(CNC(=NC)NC2CC3CCC(C2)N3Cc2ccccc2)cs1.I. The van der Waals surface area contributed by atoms with Crippen molar-refractivity contribution in [3.63, 3.8) is 0 Å². The Kier molecular flexibility index (Phi) is 8.32. The normalized spacial score (nSPS) is 24.2. The van der Waals surface area contributed by atoms with Crippen molar-refractivity contribution in [2.45, 2.75) is 70.2 Å². The number of aromatic nitrogens is 1. The Morgan fingerprint density at radius 1 is 1.21 bits per heavy atom. The monoisotopic (exact) mass is 525 g/mol. The number of halogens is 1. The summed E-state index contributed by atoms with van der Waals surface area (Å²) in [6.45, 7) is 3.96. The largest absolute Gasteiger partial charge is 0.354 e. The number of benzene rings is 1. The van der Waals surface area contributed by atoms with Gasteiger partial charge in [-0.05, 0) is 37.7 Å². The number of aryl methyl sites for hydroxylation is 1.